The first-order valence-electron chi connectivity index (χ1n) is 39.6. The molecule has 0 aliphatic rings. The number of phosphoric acid groups is 2. The van der Waals surface area contributed by atoms with E-state index in [1.165, 1.54) is 218 Å². The minimum absolute atomic E-state index is 0.108. The second kappa shape index (κ2) is 69.2. The highest BCUT2D eigenvalue weighted by molar-refractivity contribution is 7.47. The minimum atomic E-state index is -4.96. The molecule has 2 unspecified atom stereocenters. The molecule has 0 amide bonds. The van der Waals surface area contributed by atoms with Crippen LogP contribution in [-0.2, 0) is 65.4 Å². The van der Waals surface area contributed by atoms with Gasteiger partial charge < -0.3 is 33.8 Å². The van der Waals surface area contributed by atoms with Crippen LogP contribution in [0.2, 0.25) is 0 Å². The van der Waals surface area contributed by atoms with Gasteiger partial charge in [0.15, 0.2) is 12.2 Å². The fraction of sp³-hybridized carbons (Fsp3) is 0.947. The Labute approximate surface area is 581 Å². The average Bonchev–Trinajstić information content (AvgIpc) is 2.19. The molecule has 0 aliphatic carbocycles. The Kier molecular flexibility index (Phi) is 67.7. The maximum absolute atomic E-state index is 13.1. The van der Waals surface area contributed by atoms with E-state index >= 15 is 0 Å². The van der Waals surface area contributed by atoms with Gasteiger partial charge in [0.2, 0.25) is 0 Å². The van der Waals surface area contributed by atoms with E-state index in [0.717, 1.165) is 102 Å². The predicted octanol–water partition coefficient (Wildman–Crippen LogP) is 22.5. The van der Waals surface area contributed by atoms with Crippen molar-refractivity contribution in [3.8, 4) is 0 Å². The number of rotatable bonds is 76. The van der Waals surface area contributed by atoms with Crippen LogP contribution in [0.5, 0.6) is 0 Å². The van der Waals surface area contributed by atoms with Gasteiger partial charge in [-0.05, 0) is 31.6 Å². The lowest BCUT2D eigenvalue weighted by atomic mass is 10.0. The van der Waals surface area contributed by atoms with Gasteiger partial charge in [-0.25, -0.2) is 9.13 Å². The SMILES string of the molecule is CCCCCCCCCCCCCCCCCCCC(=O)OC[C@H](COP(=O)(O)OC[C@@H](O)COP(=O)(O)OC[C@@H](COC(=O)CCCCCCCCCC)OC(=O)CCCCCCCCCCCCCCC)OC(=O)CCCCCCCCCCCCCCCCC(C)C. The van der Waals surface area contributed by atoms with Crippen LogP contribution in [0.1, 0.15) is 401 Å². The summed E-state index contributed by atoms with van der Waals surface area (Å²) in [6.45, 7) is 7.30. The summed E-state index contributed by atoms with van der Waals surface area (Å²) in [5, 5.41) is 10.6. The van der Waals surface area contributed by atoms with Crippen molar-refractivity contribution in [2.24, 2.45) is 5.92 Å². The monoisotopic (exact) mass is 1400 g/mol. The standard InChI is InChI=1S/C76H148O17P2/c1-6-9-12-15-18-21-23-25-26-27-28-33-36-40-45-50-55-60-74(79)87-66-72(93-76(81)62-57-52-47-42-38-34-30-29-32-35-39-43-48-53-58-69(4)5)68-91-95(84,85)89-64-70(77)63-88-94(82,83)90-67-71(65-86-73(78)59-54-49-44-20-17-14-11-8-3)92-75(80)61-56-51-46-41-37-31-24-22-19-16-13-10-7-2/h69-72,77H,6-68H2,1-5H3,(H,82,83)(H,84,85)/t70-,71+,72+/m0/s1. The Bertz CT molecular complexity index is 1820. The molecule has 17 nitrogen and oxygen atoms in total. The van der Waals surface area contributed by atoms with Crippen LogP contribution < -0.4 is 0 Å². The molecule has 0 heterocycles. The van der Waals surface area contributed by atoms with E-state index in [-0.39, 0.29) is 25.7 Å². The molecule has 0 fully saturated rings. The molecule has 95 heavy (non-hydrogen) atoms. The van der Waals surface area contributed by atoms with Crippen LogP contribution >= 0.6 is 15.6 Å². The molecule has 3 N–H and O–H groups in total. The second-order valence-electron chi connectivity index (χ2n) is 27.9. The molecule has 0 saturated carbocycles. The Morgan fingerprint density at radius 1 is 0.284 bits per heavy atom. The quantitative estimate of drug-likeness (QED) is 0.0222. The fourth-order valence-corrected chi connectivity index (χ4v) is 13.3. The summed E-state index contributed by atoms with van der Waals surface area (Å²) < 4.78 is 68.5. The lowest BCUT2D eigenvalue weighted by Crippen LogP contribution is -2.30. The molecular formula is C76H148O17P2. The van der Waals surface area contributed by atoms with Crippen molar-refractivity contribution < 1.29 is 80.2 Å². The van der Waals surface area contributed by atoms with Gasteiger partial charge in [0.05, 0.1) is 26.4 Å². The van der Waals surface area contributed by atoms with Crippen LogP contribution in [0.15, 0.2) is 0 Å². The first-order valence-corrected chi connectivity index (χ1v) is 42.6. The van der Waals surface area contributed by atoms with E-state index in [1.807, 2.05) is 0 Å². The topological polar surface area (TPSA) is 237 Å². The molecular weight excluding hydrogens is 1250 g/mol. The predicted molar refractivity (Wildman–Crippen MR) is 386 cm³/mol. The van der Waals surface area contributed by atoms with Crippen LogP contribution in [0.25, 0.3) is 0 Å². The number of esters is 4. The molecule has 0 spiro atoms. The number of aliphatic hydroxyl groups excluding tert-OH is 1. The van der Waals surface area contributed by atoms with E-state index in [2.05, 4.69) is 34.6 Å². The zero-order valence-electron chi connectivity index (χ0n) is 61.8. The van der Waals surface area contributed by atoms with Gasteiger partial charge in [-0.15, -0.1) is 0 Å². The summed E-state index contributed by atoms with van der Waals surface area (Å²) in [6, 6.07) is 0. The third kappa shape index (κ3) is 70.3. The van der Waals surface area contributed by atoms with Crippen LogP contribution in [0, 0.1) is 5.92 Å². The summed E-state index contributed by atoms with van der Waals surface area (Å²) >= 11 is 0. The van der Waals surface area contributed by atoms with E-state index < -0.39 is 97.5 Å². The number of ether oxygens (including phenoxy) is 4. The van der Waals surface area contributed by atoms with Crippen molar-refractivity contribution >= 4 is 39.5 Å². The third-order valence-electron chi connectivity index (χ3n) is 17.8. The Balaban J connectivity index is 5.21. The number of unbranched alkanes of at least 4 members (excludes halogenated alkanes) is 48. The molecule has 0 aliphatic heterocycles. The summed E-state index contributed by atoms with van der Waals surface area (Å²) in [5.74, 6) is -1.32. The number of carbonyl (C=O) groups excluding carboxylic acids is 4. The summed E-state index contributed by atoms with van der Waals surface area (Å²) in [5.41, 5.74) is 0. The number of carbonyl (C=O) groups is 4. The normalized spacial score (nSPS) is 13.9. The second-order valence-corrected chi connectivity index (χ2v) is 30.8. The molecule has 0 aromatic heterocycles. The summed E-state index contributed by atoms with van der Waals surface area (Å²) in [4.78, 5) is 72.7. The van der Waals surface area contributed by atoms with Crippen LogP contribution in [0.3, 0.4) is 0 Å². The van der Waals surface area contributed by atoms with Gasteiger partial charge in [-0.1, -0.05) is 349 Å². The van der Waals surface area contributed by atoms with E-state index in [9.17, 15) is 43.2 Å². The van der Waals surface area contributed by atoms with Gasteiger partial charge in [-0.3, -0.25) is 37.3 Å². The van der Waals surface area contributed by atoms with Crippen molar-refractivity contribution in [1.82, 2.24) is 0 Å². The van der Waals surface area contributed by atoms with Gasteiger partial charge in [-0.2, -0.15) is 0 Å². The first-order chi connectivity index (χ1) is 46.0. The molecule has 0 aromatic carbocycles. The lowest BCUT2D eigenvalue weighted by Gasteiger charge is -2.21. The smallest absolute Gasteiger partial charge is 0.462 e. The maximum Gasteiger partial charge on any atom is 0.472 e. The highest BCUT2D eigenvalue weighted by Gasteiger charge is 2.30. The molecule has 0 radical (unpaired) electrons. The number of phosphoric ester groups is 2. The lowest BCUT2D eigenvalue weighted by molar-refractivity contribution is -0.161. The first kappa shape index (κ1) is 93.1. The molecule has 0 rings (SSSR count). The van der Waals surface area contributed by atoms with E-state index in [0.29, 0.717) is 25.7 Å². The van der Waals surface area contributed by atoms with Crippen molar-refractivity contribution in [3.63, 3.8) is 0 Å². The molecule has 5 atom stereocenters. The van der Waals surface area contributed by atoms with Crippen molar-refractivity contribution in [2.75, 3.05) is 39.6 Å². The molecule has 19 heteroatoms. The van der Waals surface area contributed by atoms with Crippen molar-refractivity contribution in [2.45, 2.75) is 419 Å². The molecule has 0 aromatic rings. The number of aliphatic hydroxyl groups is 1. The zero-order chi connectivity index (χ0) is 69.8. The van der Waals surface area contributed by atoms with Crippen molar-refractivity contribution in [1.29, 1.82) is 0 Å². The van der Waals surface area contributed by atoms with Gasteiger partial charge in [0.25, 0.3) is 0 Å². The Hall–Kier alpha value is -1.94. The van der Waals surface area contributed by atoms with E-state index in [1.54, 1.807) is 0 Å². The Morgan fingerprint density at radius 3 is 0.716 bits per heavy atom. The number of hydrogen-bond acceptors (Lipinski definition) is 15. The minimum Gasteiger partial charge on any atom is -0.462 e. The van der Waals surface area contributed by atoms with Gasteiger partial charge in [0, 0.05) is 25.7 Å². The summed E-state index contributed by atoms with van der Waals surface area (Å²) in [7, 11) is -9.91. The largest absolute Gasteiger partial charge is 0.472 e. The van der Waals surface area contributed by atoms with Crippen molar-refractivity contribution in [3.05, 3.63) is 0 Å². The molecule has 0 bridgehead atoms. The summed E-state index contributed by atoms with van der Waals surface area (Å²) in [6.07, 6.45) is 58.2. The number of hydrogen-bond donors (Lipinski definition) is 3. The van der Waals surface area contributed by atoms with Crippen LogP contribution in [-0.4, -0.2) is 96.7 Å². The highest BCUT2D eigenvalue weighted by atomic mass is 31.2. The van der Waals surface area contributed by atoms with E-state index in [4.69, 9.17) is 37.0 Å². The highest BCUT2D eigenvalue weighted by Crippen LogP contribution is 2.45. The molecule has 0 saturated heterocycles. The van der Waals surface area contributed by atoms with Gasteiger partial charge >= 0.3 is 39.5 Å². The maximum atomic E-state index is 13.1. The third-order valence-corrected chi connectivity index (χ3v) is 19.7. The van der Waals surface area contributed by atoms with Crippen LogP contribution in [0.4, 0.5) is 0 Å². The fourth-order valence-electron chi connectivity index (χ4n) is 11.7. The van der Waals surface area contributed by atoms with Gasteiger partial charge in [0.1, 0.15) is 19.3 Å². The average molecular weight is 1400 g/mol. The molecule has 564 valence electrons. The zero-order valence-corrected chi connectivity index (χ0v) is 63.6. The Morgan fingerprint density at radius 2 is 0.484 bits per heavy atom.